The third kappa shape index (κ3) is 2.06. The highest BCUT2D eigenvalue weighted by atomic mass is 16.4. The lowest BCUT2D eigenvalue weighted by molar-refractivity contribution is -0.141. The van der Waals surface area contributed by atoms with Crippen LogP contribution in [0.2, 0.25) is 0 Å². The summed E-state index contributed by atoms with van der Waals surface area (Å²) in [6.07, 6.45) is 3.09. The number of rotatable bonds is 2. The molecule has 1 heterocycles. The lowest BCUT2D eigenvalue weighted by Crippen LogP contribution is -2.50. The highest BCUT2D eigenvalue weighted by Gasteiger charge is 2.35. The Hall–Kier alpha value is -1.26. The molecule has 1 saturated carbocycles. The first kappa shape index (κ1) is 10.3. The Morgan fingerprint density at radius 1 is 1.47 bits per heavy atom. The van der Waals surface area contributed by atoms with E-state index in [4.69, 9.17) is 5.11 Å². The van der Waals surface area contributed by atoms with E-state index in [0.29, 0.717) is 12.8 Å². The molecule has 0 aromatic rings. The molecule has 0 aromatic carbocycles. The van der Waals surface area contributed by atoms with Crippen molar-refractivity contribution in [3.8, 4) is 0 Å². The average molecular weight is 212 g/mol. The van der Waals surface area contributed by atoms with Crippen LogP contribution in [0.1, 0.15) is 25.7 Å². The Labute approximate surface area is 88.4 Å². The van der Waals surface area contributed by atoms with Gasteiger partial charge in [-0.25, -0.2) is 4.79 Å². The summed E-state index contributed by atoms with van der Waals surface area (Å²) in [5.41, 5.74) is 0. The summed E-state index contributed by atoms with van der Waals surface area (Å²) >= 11 is 0. The van der Waals surface area contributed by atoms with Gasteiger partial charge in [0.05, 0.1) is 5.92 Å². The number of carbonyl (C=O) groups excluding carboxylic acids is 1. The highest BCUT2D eigenvalue weighted by molar-refractivity contribution is 5.76. The van der Waals surface area contributed by atoms with Gasteiger partial charge < -0.3 is 15.3 Å². The van der Waals surface area contributed by atoms with E-state index in [1.165, 1.54) is 0 Å². The van der Waals surface area contributed by atoms with E-state index in [0.717, 1.165) is 25.9 Å². The second-order valence-electron chi connectivity index (χ2n) is 4.28. The summed E-state index contributed by atoms with van der Waals surface area (Å²) in [5, 5.41) is 11.7. The number of hydrogen-bond donors (Lipinski definition) is 2. The molecule has 2 unspecified atom stereocenters. The minimum absolute atomic E-state index is 0.0303. The van der Waals surface area contributed by atoms with Gasteiger partial charge in [-0.05, 0) is 25.7 Å². The first-order chi connectivity index (χ1) is 7.18. The molecule has 0 radical (unpaired) electrons. The molecule has 5 nitrogen and oxygen atoms in total. The maximum Gasteiger partial charge on any atom is 0.317 e. The molecule has 0 aromatic heterocycles. The van der Waals surface area contributed by atoms with Gasteiger partial charge in [-0.15, -0.1) is 0 Å². The van der Waals surface area contributed by atoms with Gasteiger partial charge in [0.15, 0.2) is 0 Å². The second-order valence-corrected chi connectivity index (χ2v) is 4.28. The second kappa shape index (κ2) is 4.08. The van der Waals surface area contributed by atoms with Crippen molar-refractivity contribution < 1.29 is 14.7 Å². The maximum atomic E-state index is 11.5. The summed E-state index contributed by atoms with van der Waals surface area (Å²) < 4.78 is 0. The van der Waals surface area contributed by atoms with Crippen molar-refractivity contribution in [2.24, 2.45) is 5.92 Å². The molecule has 1 aliphatic heterocycles. The molecule has 2 aliphatic rings. The lowest BCUT2D eigenvalue weighted by atomic mass is 10.1. The Balaban J connectivity index is 1.94. The van der Waals surface area contributed by atoms with Crippen LogP contribution in [-0.4, -0.2) is 41.1 Å². The molecule has 15 heavy (non-hydrogen) atoms. The van der Waals surface area contributed by atoms with Gasteiger partial charge >= 0.3 is 12.0 Å². The Morgan fingerprint density at radius 2 is 2.27 bits per heavy atom. The number of hydrogen-bond acceptors (Lipinski definition) is 2. The predicted octanol–water partition coefficient (Wildman–Crippen LogP) is 0.655. The third-order valence-electron chi connectivity index (χ3n) is 3.31. The number of nitrogens with zero attached hydrogens (tertiary/aromatic N) is 1. The van der Waals surface area contributed by atoms with Crippen LogP contribution in [0.4, 0.5) is 4.79 Å². The molecule has 2 N–H and O–H groups in total. The molecule has 2 atom stereocenters. The van der Waals surface area contributed by atoms with E-state index in [1.807, 2.05) is 0 Å². The predicted molar refractivity (Wildman–Crippen MR) is 53.5 cm³/mol. The lowest BCUT2D eigenvalue weighted by Gasteiger charge is -2.32. The molecule has 1 saturated heterocycles. The fraction of sp³-hybridized carbons (Fsp3) is 0.800. The number of carbonyl (C=O) groups is 2. The molecule has 2 amide bonds. The van der Waals surface area contributed by atoms with Crippen molar-refractivity contribution in [3.05, 3.63) is 0 Å². The van der Waals surface area contributed by atoms with E-state index in [2.05, 4.69) is 5.32 Å². The van der Waals surface area contributed by atoms with Crippen molar-refractivity contribution in [3.63, 3.8) is 0 Å². The van der Waals surface area contributed by atoms with Crippen LogP contribution in [0, 0.1) is 5.92 Å². The zero-order valence-electron chi connectivity index (χ0n) is 8.61. The molecular formula is C10H16N2O3. The van der Waals surface area contributed by atoms with Gasteiger partial charge in [-0.3, -0.25) is 4.79 Å². The van der Waals surface area contributed by atoms with Crippen molar-refractivity contribution in [2.75, 3.05) is 13.1 Å². The van der Waals surface area contributed by atoms with E-state index in [9.17, 15) is 9.59 Å². The maximum absolute atomic E-state index is 11.5. The van der Waals surface area contributed by atoms with Crippen LogP contribution < -0.4 is 5.32 Å². The topological polar surface area (TPSA) is 69.6 Å². The van der Waals surface area contributed by atoms with E-state index in [1.54, 1.807) is 4.90 Å². The van der Waals surface area contributed by atoms with Gasteiger partial charge in [0.25, 0.3) is 0 Å². The van der Waals surface area contributed by atoms with Crippen LogP contribution in [0.15, 0.2) is 0 Å². The monoisotopic (exact) mass is 212 g/mol. The van der Waals surface area contributed by atoms with Crippen molar-refractivity contribution in [1.82, 2.24) is 10.2 Å². The van der Waals surface area contributed by atoms with E-state index in [-0.39, 0.29) is 18.0 Å². The molecule has 0 bridgehead atoms. The van der Waals surface area contributed by atoms with E-state index < -0.39 is 5.97 Å². The van der Waals surface area contributed by atoms with Gasteiger partial charge in [0.1, 0.15) is 0 Å². The summed E-state index contributed by atoms with van der Waals surface area (Å²) in [4.78, 5) is 24.1. The first-order valence-electron chi connectivity index (χ1n) is 5.46. The average Bonchev–Trinajstić information content (AvgIpc) is 2.67. The number of urea groups is 1. The fourth-order valence-corrected chi connectivity index (χ4v) is 2.46. The number of carboxylic acids is 1. The number of carboxylic acid groups (broad SMARTS) is 1. The summed E-state index contributed by atoms with van der Waals surface area (Å²) in [6, 6.07) is 0.101. The molecule has 0 spiro atoms. The number of amides is 2. The first-order valence-corrected chi connectivity index (χ1v) is 5.46. The summed E-state index contributed by atoms with van der Waals surface area (Å²) in [7, 11) is 0. The zero-order chi connectivity index (χ0) is 10.8. The Morgan fingerprint density at radius 3 is 2.87 bits per heavy atom. The number of nitrogens with one attached hydrogen (secondary N) is 1. The molecule has 2 fully saturated rings. The van der Waals surface area contributed by atoms with E-state index >= 15 is 0 Å². The molecule has 84 valence electrons. The Kier molecular flexibility index (Phi) is 2.79. The smallest absolute Gasteiger partial charge is 0.317 e. The SMILES string of the molecule is O=C(O)C1CCC(N2CCCNC2=O)C1. The van der Waals surface area contributed by atoms with Gasteiger partial charge in [-0.2, -0.15) is 0 Å². The standard InChI is InChI=1S/C10H16N2O3/c13-9(14)7-2-3-8(6-7)12-5-1-4-11-10(12)15/h7-8H,1-6H2,(H,11,15)(H,13,14). The third-order valence-corrected chi connectivity index (χ3v) is 3.31. The van der Waals surface area contributed by atoms with Crippen molar-refractivity contribution in [1.29, 1.82) is 0 Å². The highest BCUT2D eigenvalue weighted by Crippen LogP contribution is 2.30. The number of aliphatic carboxylic acids is 1. The molecule has 5 heteroatoms. The van der Waals surface area contributed by atoms with Crippen LogP contribution in [0.25, 0.3) is 0 Å². The van der Waals surface area contributed by atoms with Crippen molar-refractivity contribution >= 4 is 12.0 Å². The minimum atomic E-state index is -0.727. The van der Waals surface area contributed by atoms with Crippen molar-refractivity contribution in [2.45, 2.75) is 31.7 Å². The quantitative estimate of drug-likeness (QED) is 0.706. The van der Waals surface area contributed by atoms with Crippen LogP contribution in [0.3, 0.4) is 0 Å². The zero-order valence-corrected chi connectivity index (χ0v) is 8.61. The largest absolute Gasteiger partial charge is 0.481 e. The van der Waals surface area contributed by atoms with Crippen LogP contribution in [-0.2, 0) is 4.79 Å². The normalized spacial score (nSPS) is 31.5. The van der Waals surface area contributed by atoms with Crippen LogP contribution in [0.5, 0.6) is 0 Å². The molecular weight excluding hydrogens is 196 g/mol. The minimum Gasteiger partial charge on any atom is -0.481 e. The summed E-state index contributed by atoms with van der Waals surface area (Å²) in [6.45, 7) is 1.51. The van der Waals surface area contributed by atoms with Gasteiger partial charge in [0.2, 0.25) is 0 Å². The van der Waals surface area contributed by atoms with Crippen LogP contribution >= 0.6 is 0 Å². The molecule has 2 rings (SSSR count). The molecule has 1 aliphatic carbocycles. The Bertz CT molecular complexity index is 280. The fourth-order valence-electron chi connectivity index (χ4n) is 2.46. The van der Waals surface area contributed by atoms with Gasteiger partial charge in [-0.1, -0.05) is 0 Å². The summed E-state index contributed by atoms with van der Waals surface area (Å²) in [5.74, 6) is -0.986. The van der Waals surface area contributed by atoms with Gasteiger partial charge in [0, 0.05) is 19.1 Å².